The van der Waals surface area contributed by atoms with Gasteiger partial charge >= 0.3 is 5.97 Å². The van der Waals surface area contributed by atoms with Crippen LogP contribution in [0.4, 0.5) is 5.69 Å². The number of hydrogen-bond donors (Lipinski definition) is 0. The van der Waals surface area contributed by atoms with Crippen molar-refractivity contribution < 1.29 is 19.2 Å². The number of esters is 1. The van der Waals surface area contributed by atoms with Gasteiger partial charge < -0.3 is 9.47 Å². The van der Waals surface area contributed by atoms with E-state index in [0.717, 1.165) is 0 Å². The Labute approximate surface area is 108 Å². The van der Waals surface area contributed by atoms with Crippen molar-refractivity contribution in [1.29, 1.82) is 0 Å². The van der Waals surface area contributed by atoms with Crippen molar-refractivity contribution >= 4 is 23.3 Å². The number of carbonyl (C=O) groups is 1. The molecule has 0 saturated heterocycles. The zero-order valence-electron chi connectivity index (χ0n) is 9.51. The molecule has 1 aliphatic heterocycles. The summed E-state index contributed by atoms with van der Waals surface area (Å²) in [5.74, 6) is 0.105. The predicted octanol–water partition coefficient (Wildman–Crippen LogP) is 2.11. The van der Waals surface area contributed by atoms with E-state index in [2.05, 4.69) is 4.74 Å². The van der Waals surface area contributed by atoms with Crippen LogP contribution in [0.15, 0.2) is 12.1 Å². The lowest BCUT2D eigenvalue weighted by Gasteiger charge is -2.08. The van der Waals surface area contributed by atoms with Crippen LogP contribution in [-0.4, -0.2) is 24.1 Å². The summed E-state index contributed by atoms with van der Waals surface area (Å²) in [5.41, 5.74) is 0.526. The number of ether oxygens (including phenoxy) is 2. The molecule has 1 unspecified atom stereocenters. The summed E-state index contributed by atoms with van der Waals surface area (Å²) >= 11 is 5.77. The van der Waals surface area contributed by atoms with Gasteiger partial charge in [-0.3, -0.25) is 14.9 Å². The quantitative estimate of drug-likeness (QED) is 0.478. The average Bonchev–Trinajstić information content (AvgIpc) is 2.68. The molecule has 96 valence electrons. The van der Waals surface area contributed by atoms with Crippen molar-refractivity contribution in [2.24, 2.45) is 0 Å². The van der Waals surface area contributed by atoms with Crippen molar-refractivity contribution in [1.82, 2.24) is 0 Å². The Hall–Kier alpha value is -1.82. The highest BCUT2D eigenvalue weighted by atomic mass is 35.5. The van der Waals surface area contributed by atoms with E-state index in [1.54, 1.807) is 0 Å². The summed E-state index contributed by atoms with van der Waals surface area (Å²) in [6, 6.07) is 2.79. The maximum Gasteiger partial charge on any atom is 0.309 e. The number of benzene rings is 1. The normalized spacial score (nSPS) is 16.9. The third kappa shape index (κ3) is 2.38. The summed E-state index contributed by atoms with van der Waals surface area (Å²) in [7, 11) is 1.30. The first-order valence-electron chi connectivity index (χ1n) is 5.21. The van der Waals surface area contributed by atoms with Crippen molar-refractivity contribution in [3.8, 4) is 5.75 Å². The maximum atomic E-state index is 11.1. The van der Waals surface area contributed by atoms with Gasteiger partial charge in [0.2, 0.25) is 0 Å². The average molecular weight is 272 g/mol. The van der Waals surface area contributed by atoms with Crippen LogP contribution in [0.1, 0.15) is 12.0 Å². The molecule has 0 radical (unpaired) electrons. The van der Waals surface area contributed by atoms with Crippen LogP contribution < -0.4 is 4.74 Å². The number of fused-ring (bicyclic) bond motifs is 1. The number of nitro groups is 1. The van der Waals surface area contributed by atoms with Crippen LogP contribution in [-0.2, 0) is 16.0 Å². The Morgan fingerprint density at radius 2 is 2.39 bits per heavy atom. The van der Waals surface area contributed by atoms with Crippen LogP contribution >= 0.6 is 11.6 Å². The SMILES string of the molecule is COC(=O)CC1Cc2cc([N+](=O)[O-])c(Cl)cc2O1. The molecule has 1 heterocycles. The molecule has 1 aromatic carbocycles. The Balaban J connectivity index is 2.20. The van der Waals surface area contributed by atoms with Gasteiger partial charge in [-0.15, -0.1) is 0 Å². The van der Waals surface area contributed by atoms with Crippen LogP contribution in [0.3, 0.4) is 0 Å². The van der Waals surface area contributed by atoms with Gasteiger partial charge in [-0.1, -0.05) is 11.6 Å². The van der Waals surface area contributed by atoms with Gasteiger partial charge in [0.25, 0.3) is 5.69 Å². The Morgan fingerprint density at radius 1 is 1.67 bits per heavy atom. The highest BCUT2D eigenvalue weighted by Gasteiger charge is 2.28. The fraction of sp³-hybridized carbons (Fsp3) is 0.364. The molecule has 18 heavy (non-hydrogen) atoms. The number of methoxy groups -OCH3 is 1. The minimum Gasteiger partial charge on any atom is -0.489 e. The Morgan fingerprint density at radius 3 is 3.00 bits per heavy atom. The first-order valence-corrected chi connectivity index (χ1v) is 5.59. The van der Waals surface area contributed by atoms with E-state index in [1.807, 2.05) is 0 Å². The first kappa shape index (κ1) is 12.6. The van der Waals surface area contributed by atoms with E-state index in [-0.39, 0.29) is 29.2 Å². The zero-order chi connectivity index (χ0) is 13.3. The van der Waals surface area contributed by atoms with Crippen LogP contribution in [0, 0.1) is 10.1 Å². The molecule has 0 fully saturated rings. The van der Waals surface area contributed by atoms with E-state index in [1.165, 1.54) is 19.2 Å². The third-order valence-electron chi connectivity index (χ3n) is 2.69. The molecule has 1 atom stereocenters. The minimum atomic E-state index is -0.545. The van der Waals surface area contributed by atoms with E-state index >= 15 is 0 Å². The van der Waals surface area contributed by atoms with Gasteiger partial charge in [-0.2, -0.15) is 0 Å². The largest absolute Gasteiger partial charge is 0.489 e. The van der Waals surface area contributed by atoms with Crippen molar-refractivity contribution in [3.63, 3.8) is 0 Å². The molecule has 0 saturated carbocycles. The topological polar surface area (TPSA) is 78.7 Å². The standard InChI is InChI=1S/C11H10ClNO5/c1-17-11(14)4-7-2-6-3-9(13(15)16)8(12)5-10(6)18-7/h3,5,7H,2,4H2,1H3. The van der Waals surface area contributed by atoms with Crippen LogP contribution in [0.25, 0.3) is 0 Å². The maximum absolute atomic E-state index is 11.1. The number of rotatable bonds is 3. The Bertz CT molecular complexity index is 516. The summed E-state index contributed by atoms with van der Waals surface area (Å²) in [6.45, 7) is 0. The van der Waals surface area contributed by atoms with Gasteiger partial charge in [-0.25, -0.2) is 0 Å². The fourth-order valence-corrected chi connectivity index (χ4v) is 2.07. The van der Waals surface area contributed by atoms with E-state index < -0.39 is 4.92 Å². The van der Waals surface area contributed by atoms with Gasteiger partial charge in [-0.05, 0) is 0 Å². The molecule has 1 aliphatic rings. The van der Waals surface area contributed by atoms with Gasteiger partial charge in [0.15, 0.2) is 0 Å². The predicted molar refractivity (Wildman–Crippen MR) is 62.9 cm³/mol. The van der Waals surface area contributed by atoms with E-state index in [9.17, 15) is 14.9 Å². The molecular weight excluding hydrogens is 262 g/mol. The molecule has 0 aromatic heterocycles. The molecule has 6 nitrogen and oxygen atoms in total. The fourth-order valence-electron chi connectivity index (χ4n) is 1.85. The lowest BCUT2D eigenvalue weighted by atomic mass is 10.1. The minimum absolute atomic E-state index is 0.0254. The summed E-state index contributed by atoms with van der Waals surface area (Å²) in [5, 5.41) is 10.8. The van der Waals surface area contributed by atoms with Crippen molar-refractivity contribution in [3.05, 3.63) is 32.8 Å². The molecule has 0 bridgehead atoms. The van der Waals surface area contributed by atoms with E-state index in [4.69, 9.17) is 16.3 Å². The third-order valence-corrected chi connectivity index (χ3v) is 2.99. The lowest BCUT2D eigenvalue weighted by Crippen LogP contribution is -2.18. The molecular formula is C11H10ClNO5. The summed E-state index contributed by atoms with van der Waals surface area (Å²) in [6.07, 6.45) is 0.185. The number of nitrogens with zero attached hydrogens (tertiary/aromatic N) is 1. The van der Waals surface area contributed by atoms with Gasteiger partial charge in [0, 0.05) is 24.1 Å². The van der Waals surface area contributed by atoms with Gasteiger partial charge in [0.1, 0.15) is 16.9 Å². The van der Waals surface area contributed by atoms with Crippen molar-refractivity contribution in [2.75, 3.05) is 7.11 Å². The monoisotopic (exact) mass is 271 g/mol. The lowest BCUT2D eigenvalue weighted by molar-refractivity contribution is -0.384. The second-order valence-corrected chi connectivity index (χ2v) is 4.30. The Kier molecular flexibility index (Phi) is 3.38. The second-order valence-electron chi connectivity index (χ2n) is 3.89. The van der Waals surface area contributed by atoms with Crippen molar-refractivity contribution in [2.45, 2.75) is 18.9 Å². The molecule has 2 rings (SSSR count). The molecule has 7 heteroatoms. The molecule has 0 amide bonds. The highest BCUT2D eigenvalue weighted by Crippen LogP contribution is 2.37. The summed E-state index contributed by atoms with van der Waals surface area (Å²) < 4.78 is 10.0. The molecule has 0 aliphatic carbocycles. The second kappa shape index (κ2) is 4.81. The molecule has 0 spiro atoms. The molecule has 1 aromatic rings. The number of hydrogen-bond acceptors (Lipinski definition) is 5. The number of halogens is 1. The zero-order valence-corrected chi connectivity index (χ0v) is 10.3. The first-order chi connectivity index (χ1) is 8.51. The highest BCUT2D eigenvalue weighted by molar-refractivity contribution is 6.32. The smallest absolute Gasteiger partial charge is 0.309 e. The number of carbonyl (C=O) groups excluding carboxylic acids is 1. The molecule has 0 N–H and O–H groups in total. The summed E-state index contributed by atoms with van der Waals surface area (Å²) in [4.78, 5) is 21.3. The van der Waals surface area contributed by atoms with Gasteiger partial charge in [0.05, 0.1) is 18.5 Å². The van der Waals surface area contributed by atoms with E-state index in [0.29, 0.717) is 17.7 Å². The number of nitro benzene ring substituents is 1. The van der Waals surface area contributed by atoms with Crippen LogP contribution in [0.5, 0.6) is 5.75 Å². The van der Waals surface area contributed by atoms with Crippen LogP contribution in [0.2, 0.25) is 5.02 Å².